The van der Waals surface area contributed by atoms with Crippen molar-refractivity contribution in [3.05, 3.63) is 24.0 Å². The maximum atomic E-state index is 12.8. The van der Waals surface area contributed by atoms with E-state index in [0.29, 0.717) is 18.0 Å². The van der Waals surface area contributed by atoms with Crippen LogP contribution in [-0.4, -0.2) is 29.7 Å². The first-order chi connectivity index (χ1) is 7.99. The fraction of sp³-hybridized carbons (Fsp3) is 0.500. The van der Waals surface area contributed by atoms with Gasteiger partial charge in [-0.05, 0) is 32.0 Å². The molecule has 0 fully saturated rings. The Bertz CT molecular complexity index is 360. The molecule has 0 aliphatic rings. The average Bonchev–Trinajstić information content (AvgIpc) is 2.25. The molecule has 3 nitrogen and oxygen atoms in total. The molecule has 3 N–H and O–H groups in total. The van der Waals surface area contributed by atoms with Gasteiger partial charge >= 0.3 is 0 Å². The Hall–Kier alpha value is -0.780. The normalized spacial score (nSPS) is 13.0. The number of aliphatic hydroxyl groups is 1. The first kappa shape index (κ1) is 14.3. The van der Waals surface area contributed by atoms with Gasteiger partial charge in [-0.2, -0.15) is 0 Å². The van der Waals surface area contributed by atoms with Crippen LogP contribution in [-0.2, 0) is 4.74 Å². The summed E-state index contributed by atoms with van der Waals surface area (Å²) in [5.41, 5.74) is 6.05. The van der Waals surface area contributed by atoms with E-state index in [2.05, 4.69) is 0 Å². The van der Waals surface area contributed by atoms with E-state index in [1.807, 2.05) is 13.8 Å². The third-order valence-corrected chi connectivity index (χ3v) is 3.26. The number of rotatable bonds is 6. The number of thioether (sulfide) groups is 1. The van der Waals surface area contributed by atoms with Crippen LogP contribution in [0, 0.1) is 5.82 Å². The van der Waals surface area contributed by atoms with Crippen molar-refractivity contribution in [3.63, 3.8) is 0 Å². The molecule has 1 unspecified atom stereocenters. The molecule has 1 atom stereocenters. The van der Waals surface area contributed by atoms with E-state index >= 15 is 0 Å². The highest BCUT2D eigenvalue weighted by atomic mass is 32.2. The zero-order chi connectivity index (χ0) is 12.8. The molecule has 96 valence electrons. The molecule has 0 saturated carbocycles. The first-order valence-corrected chi connectivity index (χ1v) is 6.45. The van der Waals surface area contributed by atoms with E-state index in [9.17, 15) is 9.50 Å². The quantitative estimate of drug-likeness (QED) is 0.608. The molecule has 0 aromatic heterocycles. The maximum absolute atomic E-state index is 12.8. The molecule has 5 heteroatoms. The zero-order valence-electron chi connectivity index (χ0n) is 10.0. The molecular formula is C12H18FNO2S. The third-order valence-electron chi connectivity index (χ3n) is 2.03. The monoisotopic (exact) mass is 259 g/mol. The minimum atomic E-state index is -0.549. The Kier molecular flexibility index (Phi) is 5.74. The van der Waals surface area contributed by atoms with E-state index in [1.165, 1.54) is 23.9 Å². The van der Waals surface area contributed by atoms with Crippen molar-refractivity contribution in [2.24, 2.45) is 0 Å². The van der Waals surface area contributed by atoms with Gasteiger partial charge in [-0.1, -0.05) is 0 Å². The molecule has 0 spiro atoms. The number of hydrogen-bond acceptors (Lipinski definition) is 4. The van der Waals surface area contributed by atoms with Crippen LogP contribution in [0.1, 0.15) is 13.8 Å². The van der Waals surface area contributed by atoms with Crippen molar-refractivity contribution in [1.82, 2.24) is 0 Å². The van der Waals surface area contributed by atoms with E-state index in [4.69, 9.17) is 10.5 Å². The maximum Gasteiger partial charge on any atom is 0.125 e. The molecule has 0 amide bonds. The van der Waals surface area contributed by atoms with Gasteiger partial charge in [0.25, 0.3) is 0 Å². The Morgan fingerprint density at radius 1 is 1.47 bits per heavy atom. The lowest BCUT2D eigenvalue weighted by Gasteiger charge is -2.13. The summed E-state index contributed by atoms with van der Waals surface area (Å²) in [7, 11) is 0. The number of aliphatic hydroxyl groups excluding tert-OH is 1. The van der Waals surface area contributed by atoms with Gasteiger partial charge < -0.3 is 15.6 Å². The number of nitrogens with two attached hydrogens (primary N) is 1. The van der Waals surface area contributed by atoms with Crippen molar-refractivity contribution in [2.75, 3.05) is 18.1 Å². The summed E-state index contributed by atoms with van der Waals surface area (Å²) in [6.07, 6.45) is -0.447. The van der Waals surface area contributed by atoms with Crippen LogP contribution >= 0.6 is 11.8 Å². The Labute approximate surface area is 105 Å². The van der Waals surface area contributed by atoms with E-state index in [-0.39, 0.29) is 11.9 Å². The fourth-order valence-electron chi connectivity index (χ4n) is 1.19. The summed E-state index contributed by atoms with van der Waals surface area (Å²) < 4.78 is 18.1. The summed E-state index contributed by atoms with van der Waals surface area (Å²) >= 11 is 1.39. The molecule has 0 radical (unpaired) electrons. The second kappa shape index (κ2) is 6.83. The van der Waals surface area contributed by atoms with E-state index in [1.54, 1.807) is 6.07 Å². The molecule has 0 aliphatic heterocycles. The predicted octanol–water partition coefficient (Wildman–Crippen LogP) is 2.29. The Balaban J connectivity index is 2.39. The van der Waals surface area contributed by atoms with E-state index in [0.717, 1.165) is 4.90 Å². The van der Waals surface area contributed by atoms with Crippen LogP contribution in [0.25, 0.3) is 0 Å². The topological polar surface area (TPSA) is 55.5 Å². The van der Waals surface area contributed by atoms with Crippen LogP contribution in [0.3, 0.4) is 0 Å². The van der Waals surface area contributed by atoms with Crippen LogP contribution in [0.4, 0.5) is 10.1 Å². The second-order valence-corrected chi connectivity index (χ2v) is 5.09. The number of nitrogen functional groups attached to an aromatic ring is 1. The minimum Gasteiger partial charge on any atom is -0.398 e. The summed E-state index contributed by atoms with van der Waals surface area (Å²) in [6.45, 7) is 4.13. The lowest BCUT2D eigenvalue weighted by atomic mass is 10.3. The standard InChI is InChI=1S/C12H18FNO2S/c1-8(2)16-6-10(15)7-17-12-4-3-9(13)5-11(12)14/h3-5,8,10,15H,6-7,14H2,1-2H3. The lowest BCUT2D eigenvalue weighted by Crippen LogP contribution is -2.20. The van der Waals surface area contributed by atoms with Crippen LogP contribution < -0.4 is 5.73 Å². The average molecular weight is 259 g/mol. The van der Waals surface area contributed by atoms with Gasteiger partial charge in [0, 0.05) is 16.3 Å². The number of ether oxygens (including phenoxy) is 1. The molecule has 0 saturated heterocycles. The number of halogens is 1. The first-order valence-electron chi connectivity index (χ1n) is 5.46. The molecule has 0 heterocycles. The smallest absolute Gasteiger partial charge is 0.125 e. The molecule has 1 aromatic carbocycles. The van der Waals surface area contributed by atoms with Gasteiger partial charge in [0.1, 0.15) is 5.82 Å². The van der Waals surface area contributed by atoms with Crippen molar-refractivity contribution in [2.45, 2.75) is 31.0 Å². The summed E-state index contributed by atoms with van der Waals surface area (Å²) in [5.74, 6) is 0.123. The van der Waals surface area contributed by atoms with Crippen molar-refractivity contribution in [1.29, 1.82) is 0 Å². The van der Waals surface area contributed by atoms with Gasteiger partial charge in [-0.25, -0.2) is 4.39 Å². The van der Waals surface area contributed by atoms with Gasteiger partial charge in [0.2, 0.25) is 0 Å². The van der Waals surface area contributed by atoms with Crippen LogP contribution in [0.15, 0.2) is 23.1 Å². The highest BCUT2D eigenvalue weighted by Crippen LogP contribution is 2.26. The molecular weight excluding hydrogens is 241 g/mol. The molecule has 0 aliphatic carbocycles. The summed E-state index contributed by atoms with van der Waals surface area (Å²) in [4.78, 5) is 0.773. The molecule has 1 rings (SSSR count). The van der Waals surface area contributed by atoms with Crippen molar-refractivity contribution < 1.29 is 14.2 Å². The largest absolute Gasteiger partial charge is 0.398 e. The Morgan fingerprint density at radius 3 is 2.76 bits per heavy atom. The highest BCUT2D eigenvalue weighted by molar-refractivity contribution is 7.99. The summed E-state index contributed by atoms with van der Waals surface area (Å²) in [6, 6.07) is 4.25. The number of hydrogen-bond donors (Lipinski definition) is 2. The van der Waals surface area contributed by atoms with Crippen LogP contribution in [0.5, 0.6) is 0 Å². The molecule has 1 aromatic rings. The summed E-state index contributed by atoms with van der Waals surface area (Å²) in [5, 5.41) is 9.64. The SMILES string of the molecule is CC(C)OCC(O)CSc1ccc(F)cc1N. The lowest BCUT2D eigenvalue weighted by molar-refractivity contribution is 0.0152. The predicted molar refractivity (Wildman–Crippen MR) is 68.6 cm³/mol. The minimum absolute atomic E-state index is 0.102. The fourth-order valence-corrected chi connectivity index (χ4v) is 2.05. The van der Waals surface area contributed by atoms with Gasteiger partial charge in [0.05, 0.1) is 18.8 Å². The van der Waals surface area contributed by atoms with Crippen molar-refractivity contribution >= 4 is 17.4 Å². The zero-order valence-corrected chi connectivity index (χ0v) is 10.8. The van der Waals surface area contributed by atoms with Gasteiger partial charge in [-0.3, -0.25) is 0 Å². The third kappa shape index (κ3) is 5.39. The van der Waals surface area contributed by atoms with Gasteiger partial charge in [0.15, 0.2) is 0 Å². The van der Waals surface area contributed by atoms with Crippen molar-refractivity contribution in [3.8, 4) is 0 Å². The van der Waals surface area contributed by atoms with E-state index < -0.39 is 6.10 Å². The molecule has 17 heavy (non-hydrogen) atoms. The van der Waals surface area contributed by atoms with Gasteiger partial charge in [-0.15, -0.1) is 11.8 Å². The molecule has 0 bridgehead atoms. The number of benzene rings is 1. The Morgan fingerprint density at radius 2 is 2.18 bits per heavy atom. The highest BCUT2D eigenvalue weighted by Gasteiger charge is 2.08. The number of anilines is 1. The second-order valence-electron chi connectivity index (χ2n) is 4.03. The van der Waals surface area contributed by atoms with Crippen LogP contribution in [0.2, 0.25) is 0 Å².